The topological polar surface area (TPSA) is 80.4 Å². The van der Waals surface area contributed by atoms with Gasteiger partial charge in [-0.1, -0.05) is 11.6 Å². The zero-order chi connectivity index (χ0) is 11.6. The minimum absolute atomic E-state index is 0.0756. The summed E-state index contributed by atoms with van der Waals surface area (Å²) in [5, 5.41) is 14.6. The van der Waals surface area contributed by atoms with Crippen molar-refractivity contribution in [3.63, 3.8) is 0 Å². The Kier molecular flexibility index (Phi) is 3.97. The highest BCUT2D eigenvalue weighted by Crippen LogP contribution is 2.26. The van der Waals surface area contributed by atoms with E-state index in [2.05, 4.69) is 0 Å². The van der Waals surface area contributed by atoms with Gasteiger partial charge in [-0.15, -0.1) is 11.6 Å². The Morgan fingerprint density at radius 1 is 1.47 bits per heavy atom. The molecule has 0 fully saturated rings. The summed E-state index contributed by atoms with van der Waals surface area (Å²) in [4.78, 5) is -0.105. The van der Waals surface area contributed by atoms with E-state index < -0.39 is 16.1 Å². The van der Waals surface area contributed by atoms with Crippen LogP contribution in [0.15, 0.2) is 23.1 Å². The van der Waals surface area contributed by atoms with Gasteiger partial charge in [0.15, 0.2) is 0 Å². The van der Waals surface area contributed by atoms with Crippen LogP contribution in [0.25, 0.3) is 0 Å². The molecule has 1 aromatic carbocycles. The Balaban J connectivity index is 3.29. The van der Waals surface area contributed by atoms with E-state index in [0.29, 0.717) is 0 Å². The van der Waals surface area contributed by atoms with E-state index in [1.165, 1.54) is 18.2 Å². The zero-order valence-corrected chi connectivity index (χ0v) is 9.85. The first-order valence-corrected chi connectivity index (χ1v) is 6.38. The quantitative estimate of drug-likeness (QED) is 0.811. The van der Waals surface area contributed by atoms with Gasteiger partial charge in [-0.3, -0.25) is 0 Å². The molecule has 0 spiro atoms. The van der Waals surface area contributed by atoms with E-state index in [1.807, 2.05) is 0 Å². The summed E-state index contributed by atoms with van der Waals surface area (Å²) in [5.41, 5.74) is 0.248. The van der Waals surface area contributed by atoms with Crippen LogP contribution in [-0.4, -0.2) is 19.4 Å². The Hall–Kier alpha value is -0.330. The number of benzene rings is 1. The predicted molar refractivity (Wildman–Crippen MR) is 58.5 cm³/mol. The van der Waals surface area contributed by atoms with E-state index in [0.717, 1.165) is 0 Å². The molecule has 0 bridgehead atoms. The number of rotatable bonds is 3. The van der Waals surface area contributed by atoms with Gasteiger partial charge in [0.05, 0.1) is 16.9 Å². The van der Waals surface area contributed by atoms with Crippen molar-refractivity contribution in [2.75, 3.05) is 5.88 Å². The third-order valence-electron chi connectivity index (χ3n) is 1.80. The Bertz CT molecular complexity index is 461. The molecule has 0 amide bonds. The second-order valence-corrected chi connectivity index (χ2v) is 5.18. The molecule has 0 radical (unpaired) electrons. The molecular weight excluding hydrogens is 261 g/mol. The highest BCUT2D eigenvalue weighted by atomic mass is 35.5. The standard InChI is InChI=1S/C8H9Cl2NO3S/c9-4-8(12)6-3-5(15(11,13)14)1-2-7(6)10/h1-3,8,12H,4H2,(H2,11,13,14). The second kappa shape index (κ2) is 4.67. The highest BCUT2D eigenvalue weighted by molar-refractivity contribution is 7.89. The molecule has 0 aromatic heterocycles. The van der Waals surface area contributed by atoms with E-state index in [9.17, 15) is 13.5 Å². The molecule has 0 saturated heterocycles. The predicted octanol–water partition coefficient (Wildman–Crippen LogP) is 1.26. The third kappa shape index (κ3) is 3.06. The van der Waals surface area contributed by atoms with Crippen LogP contribution < -0.4 is 5.14 Å². The molecule has 0 saturated carbocycles. The molecule has 1 atom stereocenters. The summed E-state index contributed by atoms with van der Waals surface area (Å²) in [6.07, 6.45) is -1.01. The van der Waals surface area contributed by atoms with Gasteiger partial charge < -0.3 is 5.11 Å². The number of aliphatic hydroxyl groups is 1. The van der Waals surface area contributed by atoms with Gasteiger partial charge in [-0.05, 0) is 18.2 Å². The second-order valence-electron chi connectivity index (χ2n) is 2.90. The molecule has 4 nitrogen and oxygen atoms in total. The van der Waals surface area contributed by atoms with E-state index >= 15 is 0 Å². The monoisotopic (exact) mass is 269 g/mol. The smallest absolute Gasteiger partial charge is 0.238 e. The van der Waals surface area contributed by atoms with Crippen molar-refractivity contribution in [1.29, 1.82) is 0 Å². The number of primary sulfonamides is 1. The SMILES string of the molecule is NS(=O)(=O)c1ccc(Cl)c(C(O)CCl)c1. The number of halogens is 2. The fourth-order valence-electron chi connectivity index (χ4n) is 1.04. The molecule has 7 heteroatoms. The van der Waals surface area contributed by atoms with Crippen LogP contribution in [0.4, 0.5) is 0 Å². The molecule has 1 unspecified atom stereocenters. The molecule has 3 N–H and O–H groups in total. The van der Waals surface area contributed by atoms with Crippen molar-refractivity contribution in [3.05, 3.63) is 28.8 Å². The molecular formula is C8H9Cl2NO3S. The minimum atomic E-state index is -3.80. The molecule has 0 aliphatic carbocycles. The van der Waals surface area contributed by atoms with Gasteiger partial charge in [-0.25, -0.2) is 13.6 Å². The highest BCUT2D eigenvalue weighted by Gasteiger charge is 2.15. The van der Waals surface area contributed by atoms with Crippen LogP contribution in [0.3, 0.4) is 0 Å². The van der Waals surface area contributed by atoms with E-state index in [1.54, 1.807) is 0 Å². The van der Waals surface area contributed by atoms with Crippen LogP contribution in [-0.2, 0) is 10.0 Å². The van der Waals surface area contributed by atoms with Crippen LogP contribution in [0.1, 0.15) is 11.7 Å². The summed E-state index contributed by atoms with van der Waals surface area (Å²) in [7, 11) is -3.80. The van der Waals surface area contributed by atoms with Gasteiger partial charge in [0.2, 0.25) is 10.0 Å². The molecule has 84 valence electrons. The average Bonchev–Trinajstić information content (AvgIpc) is 2.15. The van der Waals surface area contributed by atoms with Crippen molar-refractivity contribution >= 4 is 33.2 Å². The number of hydrogen-bond acceptors (Lipinski definition) is 3. The van der Waals surface area contributed by atoms with Crippen molar-refractivity contribution in [2.45, 2.75) is 11.0 Å². The lowest BCUT2D eigenvalue weighted by atomic mass is 10.1. The van der Waals surface area contributed by atoms with Crippen molar-refractivity contribution in [2.24, 2.45) is 5.14 Å². The van der Waals surface area contributed by atoms with Gasteiger partial charge in [0, 0.05) is 10.6 Å². The van der Waals surface area contributed by atoms with Crippen LogP contribution in [0.5, 0.6) is 0 Å². The first kappa shape index (κ1) is 12.7. The maximum absolute atomic E-state index is 11.0. The summed E-state index contributed by atoms with van der Waals surface area (Å²) >= 11 is 11.2. The molecule has 15 heavy (non-hydrogen) atoms. The molecule has 1 aromatic rings. The van der Waals surface area contributed by atoms with Crippen molar-refractivity contribution < 1.29 is 13.5 Å². The summed E-state index contributed by atoms with van der Waals surface area (Å²) in [6.45, 7) is 0. The lowest BCUT2D eigenvalue weighted by molar-refractivity contribution is 0.202. The lowest BCUT2D eigenvalue weighted by Gasteiger charge is -2.10. The maximum Gasteiger partial charge on any atom is 0.238 e. The fraction of sp³-hybridized carbons (Fsp3) is 0.250. The molecule has 0 heterocycles. The van der Waals surface area contributed by atoms with Crippen LogP contribution in [0, 0.1) is 0 Å². The lowest BCUT2D eigenvalue weighted by Crippen LogP contribution is -2.13. The fourth-order valence-corrected chi connectivity index (χ4v) is 2.00. The van der Waals surface area contributed by atoms with Crippen molar-refractivity contribution in [1.82, 2.24) is 0 Å². The Morgan fingerprint density at radius 3 is 2.53 bits per heavy atom. The largest absolute Gasteiger partial charge is 0.387 e. The Labute approximate surface area is 97.7 Å². The minimum Gasteiger partial charge on any atom is -0.387 e. The maximum atomic E-state index is 11.0. The van der Waals surface area contributed by atoms with Gasteiger partial charge in [-0.2, -0.15) is 0 Å². The summed E-state index contributed by atoms with van der Waals surface area (Å²) in [5.74, 6) is -0.0756. The van der Waals surface area contributed by atoms with Gasteiger partial charge in [0.1, 0.15) is 0 Å². The first-order chi connectivity index (χ1) is 6.86. The van der Waals surface area contributed by atoms with Gasteiger partial charge >= 0.3 is 0 Å². The summed E-state index contributed by atoms with van der Waals surface area (Å²) in [6, 6.07) is 3.83. The number of nitrogens with two attached hydrogens (primary N) is 1. The number of sulfonamides is 1. The Morgan fingerprint density at radius 2 is 2.07 bits per heavy atom. The van der Waals surface area contributed by atoms with Crippen LogP contribution >= 0.6 is 23.2 Å². The number of alkyl halides is 1. The van der Waals surface area contributed by atoms with E-state index in [4.69, 9.17) is 28.3 Å². The first-order valence-electron chi connectivity index (χ1n) is 3.92. The number of hydrogen-bond donors (Lipinski definition) is 2. The van der Waals surface area contributed by atoms with Crippen LogP contribution in [0.2, 0.25) is 5.02 Å². The zero-order valence-electron chi connectivity index (χ0n) is 7.52. The molecule has 0 aliphatic heterocycles. The molecule has 1 rings (SSSR count). The van der Waals surface area contributed by atoms with Crippen molar-refractivity contribution in [3.8, 4) is 0 Å². The van der Waals surface area contributed by atoms with Gasteiger partial charge in [0.25, 0.3) is 0 Å². The average molecular weight is 270 g/mol. The summed E-state index contributed by atoms with van der Waals surface area (Å²) < 4.78 is 22.1. The number of aliphatic hydroxyl groups excluding tert-OH is 1. The molecule has 0 aliphatic rings. The third-order valence-corrected chi connectivity index (χ3v) is 3.35. The van der Waals surface area contributed by atoms with E-state index in [-0.39, 0.29) is 21.4 Å². The normalized spacial score (nSPS) is 13.9.